The maximum absolute atomic E-state index is 12.6. The molecule has 2 aromatic carbocycles. The zero-order valence-corrected chi connectivity index (χ0v) is 17.1. The van der Waals surface area contributed by atoms with Gasteiger partial charge in [0, 0.05) is 31.5 Å². The van der Waals surface area contributed by atoms with Crippen molar-refractivity contribution in [3.8, 4) is 6.07 Å². The fraction of sp³-hybridized carbons (Fsp3) is 0.250. The third kappa shape index (κ3) is 4.94. The van der Waals surface area contributed by atoms with E-state index in [4.69, 9.17) is 5.26 Å². The van der Waals surface area contributed by atoms with Gasteiger partial charge in [0.2, 0.25) is 21.8 Å². The number of benzene rings is 2. The van der Waals surface area contributed by atoms with Gasteiger partial charge in [0.15, 0.2) is 0 Å². The molecule has 2 N–H and O–H groups in total. The van der Waals surface area contributed by atoms with Crippen LogP contribution >= 0.6 is 0 Å². The Balaban J connectivity index is 1.60. The number of anilines is 2. The van der Waals surface area contributed by atoms with Gasteiger partial charge >= 0.3 is 0 Å². The van der Waals surface area contributed by atoms with Crippen LogP contribution in [0.25, 0.3) is 0 Å². The molecule has 2 aromatic rings. The Labute approximate surface area is 174 Å². The summed E-state index contributed by atoms with van der Waals surface area (Å²) in [6.07, 6.45) is 0. The summed E-state index contributed by atoms with van der Waals surface area (Å²) < 4.78 is 26.1. The van der Waals surface area contributed by atoms with Crippen LogP contribution in [0.15, 0.2) is 53.4 Å². The van der Waals surface area contributed by atoms with Crippen LogP contribution in [-0.4, -0.2) is 57.8 Å². The first kappa shape index (κ1) is 21.3. The number of nitriles is 1. The van der Waals surface area contributed by atoms with E-state index in [1.165, 1.54) is 31.3 Å². The van der Waals surface area contributed by atoms with Crippen molar-refractivity contribution < 1.29 is 18.0 Å². The molecule has 0 unspecified atom stereocenters. The molecule has 0 aliphatic carbocycles. The molecule has 0 radical (unpaired) electrons. The summed E-state index contributed by atoms with van der Waals surface area (Å²) in [6, 6.07) is 14.4. The van der Waals surface area contributed by atoms with Crippen molar-refractivity contribution in [2.45, 2.75) is 4.90 Å². The molecule has 1 aliphatic rings. The van der Waals surface area contributed by atoms with Gasteiger partial charge in [-0.1, -0.05) is 0 Å². The fourth-order valence-corrected chi connectivity index (χ4v) is 4.11. The molecule has 1 heterocycles. The standard InChI is InChI=1S/C20H21N5O4S/c1-24(30(28,29)18-8-2-15(12-21)3-9-18)13-20(27)23-16-4-6-17(7-5-16)25-11-10-22-19(26)14-25/h2-9H,10-11,13-14H2,1H3,(H,22,26)(H,23,27). The monoisotopic (exact) mass is 427 g/mol. The first-order chi connectivity index (χ1) is 14.3. The van der Waals surface area contributed by atoms with Gasteiger partial charge in [-0.05, 0) is 48.5 Å². The second kappa shape index (κ2) is 8.94. The van der Waals surface area contributed by atoms with E-state index in [1.54, 1.807) is 24.3 Å². The Kier molecular flexibility index (Phi) is 6.34. The zero-order chi connectivity index (χ0) is 21.7. The van der Waals surface area contributed by atoms with Crippen LogP contribution < -0.4 is 15.5 Å². The van der Waals surface area contributed by atoms with Crippen molar-refractivity contribution in [3.63, 3.8) is 0 Å². The maximum atomic E-state index is 12.6. The molecule has 0 bridgehead atoms. The van der Waals surface area contributed by atoms with Crippen molar-refractivity contribution in [2.75, 3.05) is 43.4 Å². The van der Waals surface area contributed by atoms with Gasteiger partial charge < -0.3 is 15.5 Å². The lowest BCUT2D eigenvalue weighted by atomic mass is 10.2. The number of nitrogens with zero attached hydrogens (tertiary/aromatic N) is 3. The number of likely N-dealkylation sites (N-methyl/N-ethyl adjacent to an activating group) is 1. The van der Waals surface area contributed by atoms with Crippen LogP contribution in [0.2, 0.25) is 0 Å². The molecule has 1 fully saturated rings. The quantitative estimate of drug-likeness (QED) is 0.702. The molecule has 10 heteroatoms. The SMILES string of the molecule is CN(CC(=O)Nc1ccc(N2CCNC(=O)C2)cc1)S(=O)(=O)c1ccc(C#N)cc1. The van der Waals surface area contributed by atoms with E-state index in [2.05, 4.69) is 10.6 Å². The number of amides is 2. The van der Waals surface area contributed by atoms with Crippen LogP contribution in [0.1, 0.15) is 5.56 Å². The molecule has 0 aromatic heterocycles. The zero-order valence-electron chi connectivity index (χ0n) is 16.3. The first-order valence-corrected chi connectivity index (χ1v) is 10.6. The Hall–Kier alpha value is -3.42. The van der Waals surface area contributed by atoms with Crippen LogP contribution in [0, 0.1) is 11.3 Å². The van der Waals surface area contributed by atoms with E-state index in [0.29, 0.717) is 24.3 Å². The number of hydrogen-bond acceptors (Lipinski definition) is 6. The van der Waals surface area contributed by atoms with E-state index < -0.39 is 15.9 Å². The van der Waals surface area contributed by atoms with E-state index in [-0.39, 0.29) is 23.9 Å². The number of piperazine rings is 1. The number of rotatable bonds is 6. The fourth-order valence-electron chi connectivity index (χ4n) is 2.98. The molecule has 2 amide bonds. The number of carbonyl (C=O) groups excluding carboxylic acids is 2. The largest absolute Gasteiger partial charge is 0.360 e. The number of carbonyl (C=O) groups is 2. The Morgan fingerprint density at radius 2 is 1.87 bits per heavy atom. The van der Waals surface area contributed by atoms with Crippen molar-refractivity contribution in [1.82, 2.24) is 9.62 Å². The van der Waals surface area contributed by atoms with Crippen molar-refractivity contribution in [1.29, 1.82) is 5.26 Å². The van der Waals surface area contributed by atoms with Gasteiger partial charge in [0.1, 0.15) is 0 Å². The molecule has 0 atom stereocenters. The smallest absolute Gasteiger partial charge is 0.243 e. The van der Waals surface area contributed by atoms with Gasteiger partial charge in [-0.25, -0.2) is 8.42 Å². The Morgan fingerprint density at radius 3 is 2.47 bits per heavy atom. The van der Waals surface area contributed by atoms with Gasteiger partial charge in [-0.15, -0.1) is 0 Å². The normalized spacial score (nSPS) is 14.2. The topological polar surface area (TPSA) is 123 Å². The third-order valence-corrected chi connectivity index (χ3v) is 6.43. The van der Waals surface area contributed by atoms with Crippen molar-refractivity contribution >= 4 is 33.2 Å². The second-order valence-corrected chi connectivity index (χ2v) is 8.81. The molecule has 0 spiro atoms. The lowest BCUT2D eigenvalue weighted by Crippen LogP contribution is -2.47. The summed E-state index contributed by atoms with van der Waals surface area (Å²) in [5.74, 6) is -0.523. The Morgan fingerprint density at radius 1 is 1.20 bits per heavy atom. The minimum Gasteiger partial charge on any atom is -0.360 e. The Bertz CT molecular complexity index is 1080. The highest BCUT2D eigenvalue weighted by molar-refractivity contribution is 7.89. The van der Waals surface area contributed by atoms with Gasteiger partial charge in [0.25, 0.3) is 0 Å². The second-order valence-electron chi connectivity index (χ2n) is 6.76. The summed E-state index contributed by atoms with van der Waals surface area (Å²) in [5.41, 5.74) is 1.74. The van der Waals surface area contributed by atoms with E-state index in [9.17, 15) is 18.0 Å². The molecular weight excluding hydrogens is 406 g/mol. The van der Waals surface area contributed by atoms with E-state index >= 15 is 0 Å². The molecular formula is C20H21N5O4S. The minimum absolute atomic E-state index is 0.00622. The highest BCUT2D eigenvalue weighted by Gasteiger charge is 2.23. The predicted octanol–water partition coefficient (Wildman–Crippen LogP) is 0.754. The molecule has 1 saturated heterocycles. The molecule has 3 rings (SSSR count). The minimum atomic E-state index is -3.86. The molecule has 9 nitrogen and oxygen atoms in total. The van der Waals surface area contributed by atoms with E-state index in [1.807, 2.05) is 11.0 Å². The van der Waals surface area contributed by atoms with Crippen LogP contribution in [-0.2, 0) is 19.6 Å². The highest BCUT2D eigenvalue weighted by atomic mass is 32.2. The van der Waals surface area contributed by atoms with Gasteiger partial charge in [-0.3, -0.25) is 9.59 Å². The predicted molar refractivity (Wildman–Crippen MR) is 111 cm³/mol. The lowest BCUT2D eigenvalue weighted by molar-refractivity contribution is -0.120. The van der Waals surface area contributed by atoms with Gasteiger partial charge in [-0.2, -0.15) is 9.57 Å². The van der Waals surface area contributed by atoms with Crippen LogP contribution in [0.5, 0.6) is 0 Å². The molecule has 1 aliphatic heterocycles. The average molecular weight is 427 g/mol. The number of sulfonamides is 1. The number of hydrogen-bond donors (Lipinski definition) is 2. The van der Waals surface area contributed by atoms with Crippen molar-refractivity contribution in [3.05, 3.63) is 54.1 Å². The van der Waals surface area contributed by atoms with Crippen LogP contribution in [0.3, 0.4) is 0 Å². The average Bonchev–Trinajstić information content (AvgIpc) is 2.74. The third-order valence-electron chi connectivity index (χ3n) is 4.61. The summed E-state index contributed by atoms with van der Waals surface area (Å²) in [4.78, 5) is 25.7. The molecule has 30 heavy (non-hydrogen) atoms. The first-order valence-electron chi connectivity index (χ1n) is 9.17. The summed E-state index contributed by atoms with van der Waals surface area (Å²) in [7, 11) is -2.54. The maximum Gasteiger partial charge on any atom is 0.243 e. The summed E-state index contributed by atoms with van der Waals surface area (Å²) in [5, 5.41) is 14.2. The number of nitrogens with one attached hydrogen (secondary N) is 2. The van der Waals surface area contributed by atoms with Gasteiger partial charge in [0.05, 0.1) is 29.6 Å². The summed E-state index contributed by atoms with van der Waals surface area (Å²) in [6.45, 7) is 1.20. The van der Waals surface area contributed by atoms with Crippen LogP contribution in [0.4, 0.5) is 11.4 Å². The van der Waals surface area contributed by atoms with E-state index in [0.717, 1.165) is 9.99 Å². The highest BCUT2D eigenvalue weighted by Crippen LogP contribution is 2.19. The summed E-state index contributed by atoms with van der Waals surface area (Å²) >= 11 is 0. The van der Waals surface area contributed by atoms with Crippen molar-refractivity contribution in [2.24, 2.45) is 0 Å². The molecule has 156 valence electrons. The lowest BCUT2D eigenvalue weighted by Gasteiger charge is -2.28. The molecule has 0 saturated carbocycles.